The Labute approximate surface area is 129 Å². The minimum absolute atomic E-state index is 0.0375. The number of aromatic nitrogens is 2. The quantitative estimate of drug-likeness (QED) is 0.846. The van der Waals surface area contributed by atoms with Gasteiger partial charge in [0, 0.05) is 23.1 Å². The Morgan fingerprint density at radius 1 is 1.33 bits per heavy atom. The van der Waals surface area contributed by atoms with E-state index in [1.807, 2.05) is 24.3 Å². The summed E-state index contributed by atoms with van der Waals surface area (Å²) >= 11 is 3.37. The minimum atomic E-state index is -0.613. The highest BCUT2D eigenvalue weighted by molar-refractivity contribution is 9.10. The monoisotopic (exact) mass is 351 g/mol. The highest BCUT2D eigenvalue weighted by atomic mass is 79.9. The van der Waals surface area contributed by atoms with E-state index in [0.29, 0.717) is 5.82 Å². The zero-order valence-corrected chi connectivity index (χ0v) is 12.9. The van der Waals surface area contributed by atoms with Crippen molar-refractivity contribution in [2.45, 2.75) is 19.4 Å². The molecule has 0 N–H and O–H groups in total. The Hall–Kier alpha value is -1.89. The van der Waals surface area contributed by atoms with Crippen molar-refractivity contribution >= 4 is 21.8 Å². The SMILES string of the molecule is O=C(Cn1c(-c2cccc(Br)c2)noc1=O)N1CCCC1. The van der Waals surface area contributed by atoms with Gasteiger partial charge in [-0.1, -0.05) is 33.2 Å². The minimum Gasteiger partial charge on any atom is -0.341 e. The predicted octanol–water partition coefficient (Wildman–Crippen LogP) is 1.89. The van der Waals surface area contributed by atoms with Crippen molar-refractivity contribution in [2.24, 2.45) is 0 Å². The summed E-state index contributed by atoms with van der Waals surface area (Å²) in [6.45, 7) is 1.47. The van der Waals surface area contributed by atoms with Crippen LogP contribution in [-0.2, 0) is 11.3 Å². The predicted molar refractivity (Wildman–Crippen MR) is 79.7 cm³/mol. The maximum atomic E-state index is 12.2. The Balaban J connectivity index is 1.90. The molecule has 1 aliphatic heterocycles. The zero-order chi connectivity index (χ0) is 14.8. The van der Waals surface area contributed by atoms with Gasteiger partial charge in [0.15, 0.2) is 5.82 Å². The molecule has 0 spiro atoms. The Morgan fingerprint density at radius 2 is 2.10 bits per heavy atom. The average molecular weight is 352 g/mol. The van der Waals surface area contributed by atoms with Gasteiger partial charge in [0.2, 0.25) is 5.91 Å². The molecule has 1 amide bonds. The third-order valence-electron chi connectivity index (χ3n) is 3.52. The molecule has 3 rings (SSSR count). The van der Waals surface area contributed by atoms with E-state index < -0.39 is 5.76 Å². The second kappa shape index (κ2) is 5.85. The van der Waals surface area contributed by atoms with Gasteiger partial charge < -0.3 is 4.90 Å². The standard InChI is InChI=1S/C14H14BrN3O3/c15-11-5-3-4-10(8-11)13-16-21-14(20)18(13)9-12(19)17-6-1-2-7-17/h3-5,8H,1-2,6-7,9H2. The highest BCUT2D eigenvalue weighted by Crippen LogP contribution is 2.20. The van der Waals surface area contributed by atoms with Crippen molar-refractivity contribution in [3.05, 3.63) is 39.3 Å². The summed E-state index contributed by atoms with van der Waals surface area (Å²) in [6.07, 6.45) is 2.03. The fourth-order valence-corrected chi connectivity index (χ4v) is 2.84. The van der Waals surface area contributed by atoms with Gasteiger partial charge in [0.1, 0.15) is 6.54 Å². The third kappa shape index (κ3) is 2.92. The van der Waals surface area contributed by atoms with Gasteiger partial charge in [-0.2, -0.15) is 0 Å². The summed E-state index contributed by atoms with van der Waals surface area (Å²) in [6, 6.07) is 7.36. The molecule has 110 valence electrons. The Kier molecular flexibility index (Phi) is 3.92. The number of nitrogens with zero attached hydrogens (tertiary/aromatic N) is 3. The number of amides is 1. The Morgan fingerprint density at radius 3 is 2.81 bits per heavy atom. The van der Waals surface area contributed by atoms with Crippen LogP contribution in [0.5, 0.6) is 0 Å². The fourth-order valence-electron chi connectivity index (χ4n) is 2.44. The Bertz CT molecular complexity index is 716. The summed E-state index contributed by atoms with van der Waals surface area (Å²) in [7, 11) is 0. The normalized spacial score (nSPS) is 14.6. The molecule has 2 aromatic rings. The lowest BCUT2D eigenvalue weighted by Crippen LogP contribution is -2.33. The van der Waals surface area contributed by atoms with Crippen LogP contribution >= 0.6 is 15.9 Å². The van der Waals surface area contributed by atoms with Crippen LogP contribution < -0.4 is 5.76 Å². The molecule has 1 aromatic heterocycles. The first-order chi connectivity index (χ1) is 10.1. The van der Waals surface area contributed by atoms with Crippen LogP contribution in [0, 0.1) is 0 Å². The molecule has 0 radical (unpaired) electrons. The highest BCUT2D eigenvalue weighted by Gasteiger charge is 2.22. The topological polar surface area (TPSA) is 68.3 Å². The number of benzene rings is 1. The first-order valence-corrected chi connectivity index (χ1v) is 7.54. The van der Waals surface area contributed by atoms with Crippen molar-refractivity contribution in [1.29, 1.82) is 0 Å². The van der Waals surface area contributed by atoms with E-state index in [1.165, 1.54) is 4.57 Å². The molecule has 1 saturated heterocycles. The number of rotatable bonds is 3. The fraction of sp³-hybridized carbons (Fsp3) is 0.357. The van der Waals surface area contributed by atoms with Crippen LogP contribution in [0.2, 0.25) is 0 Å². The lowest BCUT2D eigenvalue weighted by Gasteiger charge is -2.15. The summed E-state index contributed by atoms with van der Waals surface area (Å²) in [5, 5.41) is 3.79. The van der Waals surface area contributed by atoms with Crippen molar-refractivity contribution in [1.82, 2.24) is 14.6 Å². The number of halogens is 1. The molecule has 1 aromatic carbocycles. The van der Waals surface area contributed by atoms with Gasteiger partial charge in [0.25, 0.3) is 0 Å². The molecule has 0 saturated carbocycles. The van der Waals surface area contributed by atoms with E-state index >= 15 is 0 Å². The van der Waals surface area contributed by atoms with Gasteiger partial charge in [0.05, 0.1) is 0 Å². The summed E-state index contributed by atoms with van der Waals surface area (Å²) in [5.41, 5.74) is 0.726. The van der Waals surface area contributed by atoms with Crippen molar-refractivity contribution < 1.29 is 9.32 Å². The molecular weight excluding hydrogens is 338 g/mol. The lowest BCUT2D eigenvalue weighted by molar-refractivity contribution is -0.130. The number of hydrogen-bond donors (Lipinski definition) is 0. The van der Waals surface area contributed by atoms with Crippen LogP contribution in [0.15, 0.2) is 38.1 Å². The second-order valence-electron chi connectivity index (χ2n) is 4.96. The molecule has 2 heterocycles. The maximum Gasteiger partial charge on any atom is 0.442 e. The summed E-state index contributed by atoms with van der Waals surface area (Å²) < 4.78 is 6.87. The smallest absolute Gasteiger partial charge is 0.341 e. The lowest BCUT2D eigenvalue weighted by atomic mass is 10.2. The zero-order valence-electron chi connectivity index (χ0n) is 11.3. The van der Waals surface area contributed by atoms with Gasteiger partial charge >= 0.3 is 5.76 Å². The number of carbonyl (C=O) groups excluding carboxylic acids is 1. The van der Waals surface area contributed by atoms with E-state index in [2.05, 4.69) is 21.1 Å². The van der Waals surface area contributed by atoms with Crippen molar-refractivity contribution in [3.63, 3.8) is 0 Å². The molecule has 1 fully saturated rings. The van der Waals surface area contributed by atoms with Crippen molar-refractivity contribution in [3.8, 4) is 11.4 Å². The molecule has 0 bridgehead atoms. The number of hydrogen-bond acceptors (Lipinski definition) is 4. The van der Waals surface area contributed by atoms with Crippen molar-refractivity contribution in [2.75, 3.05) is 13.1 Å². The van der Waals surface area contributed by atoms with Crippen LogP contribution in [0.1, 0.15) is 12.8 Å². The average Bonchev–Trinajstić information content (AvgIpc) is 3.10. The van der Waals surface area contributed by atoms with Gasteiger partial charge in [-0.05, 0) is 25.0 Å². The van der Waals surface area contributed by atoms with Gasteiger partial charge in [-0.15, -0.1) is 0 Å². The first kappa shape index (κ1) is 14.1. The summed E-state index contributed by atoms with van der Waals surface area (Å²) in [4.78, 5) is 25.8. The van der Waals surface area contributed by atoms with Crippen LogP contribution in [0.3, 0.4) is 0 Å². The van der Waals surface area contributed by atoms with E-state index in [-0.39, 0.29) is 12.5 Å². The molecule has 0 unspecified atom stereocenters. The third-order valence-corrected chi connectivity index (χ3v) is 4.01. The molecule has 7 heteroatoms. The van der Waals surface area contributed by atoms with Crippen LogP contribution in [0.4, 0.5) is 0 Å². The first-order valence-electron chi connectivity index (χ1n) is 6.75. The molecule has 1 aliphatic rings. The molecule has 21 heavy (non-hydrogen) atoms. The van der Waals surface area contributed by atoms with Gasteiger partial charge in [-0.25, -0.2) is 9.36 Å². The van der Waals surface area contributed by atoms with E-state index in [9.17, 15) is 9.59 Å². The summed E-state index contributed by atoms with van der Waals surface area (Å²) in [5.74, 6) is -0.319. The largest absolute Gasteiger partial charge is 0.442 e. The number of carbonyl (C=O) groups is 1. The second-order valence-corrected chi connectivity index (χ2v) is 5.87. The molecular formula is C14H14BrN3O3. The maximum absolute atomic E-state index is 12.2. The molecule has 0 atom stereocenters. The van der Waals surface area contributed by atoms with Gasteiger partial charge in [-0.3, -0.25) is 9.32 Å². The van der Waals surface area contributed by atoms with E-state index in [4.69, 9.17) is 4.52 Å². The van der Waals surface area contributed by atoms with Crippen LogP contribution in [0.25, 0.3) is 11.4 Å². The number of likely N-dealkylation sites (tertiary alicyclic amines) is 1. The molecule has 6 nitrogen and oxygen atoms in total. The van der Waals surface area contributed by atoms with E-state index in [1.54, 1.807) is 4.90 Å². The van der Waals surface area contributed by atoms with E-state index in [0.717, 1.165) is 36.0 Å². The van der Waals surface area contributed by atoms with Crippen LogP contribution in [-0.4, -0.2) is 33.6 Å². The molecule has 0 aliphatic carbocycles.